The van der Waals surface area contributed by atoms with Gasteiger partial charge in [0, 0.05) is 23.6 Å². The molecule has 122 valence electrons. The minimum atomic E-state index is -0.548. The number of rotatable bonds is 4. The van der Waals surface area contributed by atoms with Crippen molar-refractivity contribution in [3.05, 3.63) is 60.7 Å². The summed E-state index contributed by atoms with van der Waals surface area (Å²) in [6.07, 6.45) is 1.49. The molecule has 0 aliphatic carbocycles. The number of hydrogen-bond donors (Lipinski definition) is 1. The maximum Gasteiger partial charge on any atom is 0.418 e. The molecule has 3 aromatic rings. The van der Waals surface area contributed by atoms with E-state index in [0.717, 1.165) is 11.3 Å². The van der Waals surface area contributed by atoms with Gasteiger partial charge in [0.1, 0.15) is 11.6 Å². The number of ether oxygens (including phenoxy) is 1. The fourth-order valence-electron chi connectivity index (χ4n) is 2.21. The van der Waals surface area contributed by atoms with Crippen LogP contribution in [0.5, 0.6) is 5.75 Å². The van der Waals surface area contributed by atoms with Crippen LogP contribution in [0.3, 0.4) is 0 Å². The van der Waals surface area contributed by atoms with Crippen molar-refractivity contribution in [1.82, 2.24) is 9.78 Å². The second kappa shape index (κ2) is 7.23. The summed E-state index contributed by atoms with van der Waals surface area (Å²) in [5, 5.41) is 7.14. The van der Waals surface area contributed by atoms with Gasteiger partial charge in [-0.15, -0.1) is 11.8 Å². The van der Waals surface area contributed by atoms with Crippen molar-refractivity contribution in [2.75, 3.05) is 11.6 Å². The summed E-state index contributed by atoms with van der Waals surface area (Å²) in [6, 6.07) is 18.9. The predicted molar refractivity (Wildman–Crippen MR) is 96.5 cm³/mol. The zero-order valence-electron chi connectivity index (χ0n) is 13.4. The number of hydrogen-bond acceptors (Lipinski definition) is 4. The third-order valence-corrected chi connectivity index (χ3v) is 4.19. The molecule has 1 amide bonds. The minimum absolute atomic E-state index is 0.491. The zero-order chi connectivity index (χ0) is 16.9. The molecule has 0 saturated heterocycles. The van der Waals surface area contributed by atoms with E-state index < -0.39 is 6.09 Å². The number of anilines is 1. The fourth-order valence-corrected chi connectivity index (χ4v) is 2.62. The van der Waals surface area contributed by atoms with Crippen molar-refractivity contribution >= 4 is 23.7 Å². The Labute approximate surface area is 144 Å². The number of nitrogens with zero attached hydrogens (tertiary/aromatic N) is 2. The van der Waals surface area contributed by atoms with Gasteiger partial charge in [0.05, 0.1) is 5.69 Å². The van der Waals surface area contributed by atoms with Gasteiger partial charge in [-0.25, -0.2) is 4.79 Å². The molecule has 5 nitrogen and oxygen atoms in total. The zero-order valence-corrected chi connectivity index (χ0v) is 14.2. The van der Waals surface area contributed by atoms with Gasteiger partial charge in [-0.05, 0) is 30.5 Å². The van der Waals surface area contributed by atoms with Crippen LogP contribution in [0.1, 0.15) is 0 Å². The molecule has 2 aromatic carbocycles. The Morgan fingerprint density at radius 2 is 1.83 bits per heavy atom. The van der Waals surface area contributed by atoms with Crippen LogP contribution in [0.2, 0.25) is 0 Å². The first-order chi connectivity index (χ1) is 11.7. The van der Waals surface area contributed by atoms with Gasteiger partial charge in [0.15, 0.2) is 0 Å². The highest BCUT2D eigenvalue weighted by atomic mass is 32.2. The maximum absolute atomic E-state index is 12.0. The molecule has 6 heteroatoms. The average molecular weight is 339 g/mol. The van der Waals surface area contributed by atoms with Gasteiger partial charge in [0.2, 0.25) is 0 Å². The summed E-state index contributed by atoms with van der Waals surface area (Å²) in [4.78, 5) is 13.2. The molecule has 1 heterocycles. The molecule has 0 bridgehead atoms. The predicted octanol–water partition coefficient (Wildman–Crippen LogP) is 4.42. The molecule has 0 unspecified atom stereocenters. The van der Waals surface area contributed by atoms with Gasteiger partial charge in [-0.3, -0.25) is 10.00 Å². The SMILES string of the molecule is CSc1ccc(-c2cc(NC(=O)Oc3ccccc3)n(C)n2)cc1. The molecule has 0 atom stereocenters. The summed E-state index contributed by atoms with van der Waals surface area (Å²) in [5.41, 5.74) is 1.79. The van der Waals surface area contributed by atoms with E-state index in [2.05, 4.69) is 10.4 Å². The van der Waals surface area contributed by atoms with E-state index in [4.69, 9.17) is 4.74 Å². The van der Waals surface area contributed by atoms with Gasteiger partial charge in [-0.2, -0.15) is 5.10 Å². The second-order valence-electron chi connectivity index (χ2n) is 5.09. The van der Waals surface area contributed by atoms with Gasteiger partial charge in [0.25, 0.3) is 0 Å². The van der Waals surface area contributed by atoms with Crippen molar-refractivity contribution < 1.29 is 9.53 Å². The fraction of sp³-hybridized carbons (Fsp3) is 0.111. The molecule has 1 aromatic heterocycles. The molecule has 1 N–H and O–H groups in total. The van der Waals surface area contributed by atoms with Crippen LogP contribution >= 0.6 is 11.8 Å². The lowest BCUT2D eigenvalue weighted by Crippen LogP contribution is -2.18. The van der Waals surface area contributed by atoms with Crippen molar-refractivity contribution in [2.45, 2.75) is 4.90 Å². The van der Waals surface area contributed by atoms with E-state index in [9.17, 15) is 4.79 Å². The normalized spacial score (nSPS) is 10.4. The highest BCUT2D eigenvalue weighted by Gasteiger charge is 2.11. The number of carbonyl (C=O) groups is 1. The highest BCUT2D eigenvalue weighted by molar-refractivity contribution is 7.98. The van der Waals surface area contributed by atoms with E-state index in [1.54, 1.807) is 35.6 Å². The number of thioether (sulfide) groups is 1. The third-order valence-electron chi connectivity index (χ3n) is 3.45. The lowest BCUT2D eigenvalue weighted by atomic mass is 10.1. The van der Waals surface area contributed by atoms with Gasteiger partial charge >= 0.3 is 6.09 Å². The average Bonchev–Trinajstić information content (AvgIpc) is 2.96. The van der Waals surface area contributed by atoms with E-state index >= 15 is 0 Å². The summed E-state index contributed by atoms with van der Waals surface area (Å²) in [7, 11) is 1.78. The quantitative estimate of drug-likeness (QED) is 0.715. The Morgan fingerprint density at radius 1 is 1.12 bits per heavy atom. The minimum Gasteiger partial charge on any atom is -0.410 e. The summed E-state index contributed by atoms with van der Waals surface area (Å²) in [6.45, 7) is 0. The Kier molecular flexibility index (Phi) is 4.86. The number of para-hydroxylation sites is 1. The van der Waals surface area contributed by atoms with E-state index in [1.807, 2.05) is 54.8 Å². The first kappa shape index (κ1) is 16.1. The number of nitrogens with one attached hydrogen (secondary N) is 1. The largest absolute Gasteiger partial charge is 0.418 e. The monoisotopic (exact) mass is 339 g/mol. The molecule has 0 radical (unpaired) electrons. The number of benzene rings is 2. The maximum atomic E-state index is 12.0. The number of aromatic nitrogens is 2. The molecule has 0 spiro atoms. The van der Waals surface area contributed by atoms with Crippen LogP contribution in [-0.2, 0) is 7.05 Å². The topological polar surface area (TPSA) is 56.1 Å². The van der Waals surface area contributed by atoms with Crippen LogP contribution in [0.4, 0.5) is 10.6 Å². The standard InChI is InChI=1S/C18H17N3O2S/c1-21-17(19-18(22)23-14-6-4-3-5-7-14)12-16(20-21)13-8-10-15(24-2)11-9-13/h3-12H,1-2H3,(H,19,22). The van der Waals surface area contributed by atoms with E-state index in [-0.39, 0.29) is 0 Å². The molecule has 0 aliphatic heterocycles. The second-order valence-corrected chi connectivity index (χ2v) is 5.97. The number of carbonyl (C=O) groups excluding carboxylic acids is 1. The van der Waals surface area contributed by atoms with Gasteiger partial charge in [-0.1, -0.05) is 30.3 Å². The molecule has 3 rings (SSSR count). The lowest BCUT2D eigenvalue weighted by molar-refractivity contribution is 0.215. The molecule has 0 aliphatic rings. The summed E-state index contributed by atoms with van der Waals surface area (Å²) in [5.74, 6) is 1.06. The van der Waals surface area contributed by atoms with Crippen LogP contribution in [-0.4, -0.2) is 22.1 Å². The van der Waals surface area contributed by atoms with Crippen molar-refractivity contribution in [3.8, 4) is 17.0 Å². The first-order valence-electron chi connectivity index (χ1n) is 7.38. The Morgan fingerprint density at radius 3 is 2.50 bits per heavy atom. The number of amides is 1. The van der Waals surface area contributed by atoms with Crippen LogP contribution in [0, 0.1) is 0 Å². The third kappa shape index (κ3) is 3.78. The summed E-state index contributed by atoms with van der Waals surface area (Å²) < 4.78 is 6.84. The molecule has 0 saturated carbocycles. The first-order valence-corrected chi connectivity index (χ1v) is 8.60. The summed E-state index contributed by atoms with van der Waals surface area (Å²) >= 11 is 1.69. The lowest BCUT2D eigenvalue weighted by Gasteiger charge is -2.05. The smallest absolute Gasteiger partial charge is 0.410 e. The van der Waals surface area contributed by atoms with Crippen LogP contribution in [0.25, 0.3) is 11.3 Å². The van der Waals surface area contributed by atoms with Gasteiger partial charge < -0.3 is 4.74 Å². The van der Waals surface area contributed by atoms with Crippen molar-refractivity contribution in [3.63, 3.8) is 0 Å². The highest BCUT2D eigenvalue weighted by Crippen LogP contribution is 2.24. The molecule has 24 heavy (non-hydrogen) atoms. The Hall–Kier alpha value is -2.73. The Balaban J connectivity index is 1.72. The van der Waals surface area contributed by atoms with E-state index in [1.165, 1.54) is 4.90 Å². The van der Waals surface area contributed by atoms with Crippen molar-refractivity contribution in [2.24, 2.45) is 7.05 Å². The molecule has 0 fully saturated rings. The van der Waals surface area contributed by atoms with Crippen LogP contribution < -0.4 is 10.1 Å². The Bertz CT molecular complexity index is 829. The molecular formula is C18H17N3O2S. The van der Waals surface area contributed by atoms with E-state index in [0.29, 0.717) is 11.6 Å². The van der Waals surface area contributed by atoms with Crippen molar-refractivity contribution in [1.29, 1.82) is 0 Å². The van der Waals surface area contributed by atoms with Crippen LogP contribution in [0.15, 0.2) is 65.6 Å². The molecular weight excluding hydrogens is 322 g/mol. The number of aryl methyl sites for hydroxylation is 1.